The predicted octanol–water partition coefficient (Wildman–Crippen LogP) is 1.23. The van der Waals surface area contributed by atoms with Crippen LogP contribution in [0.4, 0.5) is 15.8 Å². The van der Waals surface area contributed by atoms with Gasteiger partial charge in [-0.05, 0) is 13.0 Å². The van der Waals surface area contributed by atoms with Gasteiger partial charge in [-0.25, -0.2) is 4.39 Å². The van der Waals surface area contributed by atoms with E-state index in [2.05, 4.69) is 5.32 Å². The van der Waals surface area contributed by atoms with Gasteiger partial charge in [-0.15, -0.1) is 0 Å². The van der Waals surface area contributed by atoms with Crippen LogP contribution in [0.15, 0.2) is 12.1 Å². The van der Waals surface area contributed by atoms with E-state index in [-0.39, 0.29) is 17.8 Å². The first-order valence-corrected chi connectivity index (χ1v) is 5.87. The van der Waals surface area contributed by atoms with E-state index in [0.29, 0.717) is 6.07 Å². The summed E-state index contributed by atoms with van der Waals surface area (Å²) in [7, 11) is 2.85. The van der Waals surface area contributed by atoms with E-state index in [0.717, 1.165) is 11.0 Å². The number of nitrogens with one attached hydrogen (secondary N) is 1. The van der Waals surface area contributed by atoms with E-state index < -0.39 is 28.4 Å². The van der Waals surface area contributed by atoms with Crippen molar-refractivity contribution in [2.24, 2.45) is 0 Å². The fourth-order valence-corrected chi connectivity index (χ4v) is 1.76. The molecule has 2 N–H and O–H groups in total. The Balaban J connectivity index is 3.27. The van der Waals surface area contributed by atoms with Crippen molar-refractivity contribution in [1.82, 2.24) is 4.90 Å². The number of rotatable bonds is 5. The number of nitro groups is 1. The molecule has 1 aromatic rings. The van der Waals surface area contributed by atoms with E-state index in [9.17, 15) is 24.4 Å². The summed E-state index contributed by atoms with van der Waals surface area (Å²) in [6.07, 6.45) is -0.771. The molecule has 0 aliphatic heterocycles. The highest BCUT2D eigenvalue weighted by atomic mass is 19.1. The lowest BCUT2D eigenvalue weighted by Crippen LogP contribution is -2.33. The fourth-order valence-electron chi connectivity index (χ4n) is 1.76. The van der Waals surface area contributed by atoms with Crippen LogP contribution >= 0.6 is 0 Å². The molecule has 0 fully saturated rings. The third-order valence-corrected chi connectivity index (χ3v) is 2.67. The highest BCUT2D eigenvalue weighted by molar-refractivity contribution is 5.99. The summed E-state index contributed by atoms with van der Waals surface area (Å²) in [6, 6.07) is 1.80. The Bertz CT molecular complexity index is 534. The molecule has 110 valence electrons. The normalized spacial score (nSPS) is 11.8. The summed E-state index contributed by atoms with van der Waals surface area (Å²) < 4.78 is 13.5. The van der Waals surface area contributed by atoms with Gasteiger partial charge in [-0.2, -0.15) is 0 Å². The molecule has 0 bridgehead atoms. The van der Waals surface area contributed by atoms with Crippen molar-refractivity contribution in [3.8, 4) is 0 Å². The maximum Gasteiger partial charge on any atom is 0.285 e. The van der Waals surface area contributed by atoms with Gasteiger partial charge in [-0.3, -0.25) is 14.9 Å². The van der Waals surface area contributed by atoms with E-state index in [4.69, 9.17) is 0 Å². The van der Waals surface area contributed by atoms with Gasteiger partial charge in [0.15, 0.2) is 5.82 Å². The fraction of sp³-hybridized carbons (Fsp3) is 0.417. The second-order valence-electron chi connectivity index (χ2n) is 4.39. The summed E-state index contributed by atoms with van der Waals surface area (Å²) in [5.41, 5.74) is -0.850. The predicted molar refractivity (Wildman–Crippen MR) is 71.2 cm³/mol. The van der Waals surface area contributed by atoms with Crippen molar-refractivity contribution in [3.63, 3.8) is 0 Å². The van der Waals surface area contributed by atoms with E-state index >= 15 is 0 Å². The molecular weight excluding hydrogens is 269 g/mol. The van der Waals surface area contributed by atoms with Crippen molar-refractivity contribution in [2.45, 2.75) is 13.0 Å². The summed E-state index contributed by atoms with van der Waals surface area (Å²) in [5.74, 6) is -1.47. The van der Waals surface area contributed by atoms with Gasteiger partial charge in [-0.1, -0.05) is 0 Å². The molecule has 0 saturated carbocycles. The molecule has 1 unspecified atom stereocenters. The molecule has 20 heavy (non-hydrogen) atoms. The lowest BCUT2D eigenvalue weighted by molar-refractivity contribution is -0.385. The Kier molecular flexibility index (Phi) is 4.98. The largest absolute Gasteiger partial charge is 0.392 e. The standard InChI is InChI=1S/C12H16FN3O4/c1-7(17)6-15(3)12(18)8-4-10(14-2)9(13)5-11(8)16(19)20/h4-5,7,14,17H,6H2,1-3H3. The van der Waals surface area contributed by atoms with Crippen molar-refractivity contribution >= 4 is 17.3 Å². The number of aliphatic hydroxyl groups excluding tert-OH is 1. The van der Waals surface area contributed by atoms with Gasteiger partial charge < -0.3 is 15.3 Å². The van der Waals surface area contributed by atoms with Crippen LogP contribution in [-0.2, 0) is 0 Å². The van der Waals surface area contributed by atoms with Gasteiger partial charge in [0, 0.05) is 20.6 Å². The third-order valence-electron chi connectivity index (χ3n) is 2.67. The quantitative estimate of drug-likeness (QED) is 0.626. The van der Waals surface area contributed by atoms with Crippen LogP contribution in [0.3, 0.4) is 0 Å². The monoisotopic (exact) mass is 285 g/mol. The molecule has 8 heteroatoms. The van der Waals surface area contributed by atoms with Crippen LogP contribution in [-0.4, -0.2) is 47.6 Å². The number of aliphatic hydroxyl groups is 1. The number of hydrogen-bond acceptors (Lipinski definition) is 5. The highest BCUT2D eigenvalue weighted by Gasteiger charge is 2.26. The molecule has 1 rings (SSSR count). The number of nitro benzene ring substituents is 1. The van der Waals surface area contributed by atoms with Crippen LogP contribution < -0.4 is 5.32 Å². The van der Waals surface area contributed by atoms with Crippen molar-refractivity contribution in [1.29, 1.82) is 0 Å². The Morgan fingerprint density at radius 3 is 2.65 bits per heavy atom. The molecule has 0 heterocycles. The van der Waals surface area contributed by atoms with Crippen LogP contribution in [0.25, 0.3) is 0 Å². The summed E-state index contributed by atoms with van der Waals surface area (Å²) in [5, 5.41) is 22.7. The number of carbonyl (C=O) groups excluding carboxylic acids is 1. The lowest BCUT2D eigenvalue weighted by atomic mass is 10.1. The summed E-state index contributed by atoms with van der Waals surface area (Å²) in [4.78, 5) is 23.4. The van der Waals surface area contributed by atoms with Crippen LogP contribution in [0.1, 0.15) is 17.3 Å². The van der Waals surface area contributed by atoms with Gasteiger partial charge in [0.25, 0.3) is 11.6 Å². The number of hydrogen-bond donors (Lipinski definition) is 2. The number of anilines is 1. The number of benzene rings is 1. The van der Waals surface area contributed by atoms with E-state index in [1.807, 2.05) is 0 Å². The second kappa shape index (κ2) is 6.29. The minimum absolute atomic E-state index is 0.00982. The molecule has 1 aromatic carbocycles. The SMILES string of the molecule is CNc1cc(C(=O)N(C)CC(C)O)c([N+](=O)[O-])cc1F. The zero-order valence-electron chi connectivity index (χ0n) is 11.4. The molecule has 1 amide bonds. The Hall–Kier alpha value is -2.22. The molecule has 0 aliphatic rings. The van der Waals surface area contributed by atoms with Gasteiger partial charge in [0.1, 0.15) is 5.56 Å². The topological polar surface area (TPSA) is 95.7 Å². The summed E-state index contributed by atoms with van der Waals surface area (Å²) in [6.45, 7) is 1.50. The molecule has 0 spiro atoms. The van der Waals surface area contributed by atoms with Crippen molar-refractivity contribution in [3.05, 3.63) is 33.6 Å². The number of nitrogens with zero attached hydrogens (tertiary/aromatic N) is 2. The number of carbonyl (C=O) groups is 1. The Morgan fingerprint density at radius 1 is 1.60 bits per heavy atom. The van der Waals surface area contributed by atoms with Gasteiger partial charge in [0.05, 0.1) is 22.8 Å². The number of likely N-dealkylation sites (N-methyl/N-ethyl adjacent to an activating group) is 1. The second-order valence-corrected chi connectivity index (χ2v) is 4.39. The van der Waals surface area contributed by atoms with Crippen LogP contribution in [0.2, 0.25) is 0 Å². The molecule has 0 radical (unpaired) electrons. The molecule has 0 aromatic heterocycles. The van der Waals surface area contributed by atoms with Crippen molar-refractivity contribution < 1.29 is 19.2 Å². The third kappa shape index (κ3) is 3.41. The van der Waals surface area contributed by atoms with E-state index in [1.54, 1.807) is 0 Å². The zero-order chi connectivity index (χ0) is 15.4. The van der Waals surface area contributed by atoms with Gasteiger partial charge in [0.2, 0.25) is 0 Å². The zero-order valence-corrected chi connectivity index (χ0v) is 11.4. The average Bonchev–Trinajstić information content (AvgIpc) is 2.36. The first kappa shape index (κ1) is 15.8. The minimum atomic E-state index is -0.814. The highest BCUT2D eigenvalue weighted by Crippen LogP contribution is 2.26. The number of amides is 1. The maximum absolute atomic E-state index is 13.5. The van der Waals surface area contributed by atoms with Gasteiger partial charge >= 0.3 is 0 Å². The van der Waals surface area contributed by atoms with Crippen LogP contribution in [0.5, 0.6) is 0 Å². The Labute approximate surface area is 115 Å². The van der Waals surface area contributed by atoms with E-state index in [1.165, 1.54) is 21.0 Å². The maximum atomic E-state index is 13.5. The summed E-state index contributed by atoms with van der Waals surface area (Å²) >= 11 is 0. The molecular formula is C12H16FN3O4. The molecule has 0 saturated heterocycles. The van der Waals surface area contributed by atoms with Crippen LogP contribution in [0, 0.1) is 15.9 Å². The average molecular weight is 285 g/mol. The first-order valence-electron chi connectivity index (χ1n) is 5.87. The Morgan fingerprint density at radius 2 is 2.20 bits per heavy atom. The molecule has 1 atom stereocenters. The number of halogens is 1. The van der Waals surface area contributed by atoms with Crippen molar-refractivity contribution in [2.75, 3.05) is 26.0 Å². The minimum Gasteiger partial charge on any atom is -0.392 e. The molecule has 7 nitrogen and oxygen atoms in total. The smallest absolute Gasteiger partial charge is 0.285 e. The first-order chi connectivity index (χ1) is 9.27. The lowest BCUT2D eigenvalue weighted by Gasteiger charge is -2.19. The molecule has 0 aliphatic carbocycles.